The first-order valence-corrected chi connectivity index (χ1v) is 3.95. The highest BCUT2D eigenvalue weighted by atomic mass is 16.5. The third-order valence-electron chi connectivity index (χ3n) is 1.48. The Morgan fingerprint density at radius 1 is 1.55 bits per heavy atom. The van der Waals surface area contributed by atoms with Crippen LogP contribution in [-0.4, -0.2) is 11.2 Å². The molecule has 0 heterocycles. The summed E-state index contributed by atoms with van der Waals surface area (Å²) in [4.78, 5) is 0. The van der Waals surface area contributed by atoms with E-state index in [2.05, 4.69) is 0 Å². The molecule has 0 aliphatic heterocycles. The van der Waals surface area contributed by atoms with Gasteiger partial charge in [-0.2, -0.15) is 0 Å². The third-order valence-corrected chi connectivity index (χ3v) is 1.48. The van der Waals surface area contributed by atoms with Gasteiger partial charge in [0.25, 0.3) is 0 Å². The van der Waals surface area contributed by atoms with Crippen molar-refractivity contribution in [2.24, 2.45) is 0 Å². The first-order chi connectivity index (χ1) is 5.20. The lowest BCUT2D eigenvalue weighted by molar-refractivity contribution is 0.126. The van der Waals surface area contributed by atoms with E-state index in [-0.39, 0.29) is 11.9 Å². The molecule has 0 saturated heterocycles. The smallest absolute Gasteiger partial charge is 0.152 e. The second-order valence-electron chi connectivity index (χ2n) is 2.92. The lowest BCUT2D eigenvalue weighted by atomic mass is 10.1. The molecule has 2 heteroatoms. The summed E-state index contributed by atoms with van der Waals surface area (Å²) in [6.07, 6.45) is 5.58. The van der Waals surface area contributed by atoms with Gasteiger partial charge in [-0.1, -0.05) is 6.08 Å². The Bertz CT molecular complexity index is 190. The SMILES string of the molecule is CC(C)OC1=C(O)C=CCC1. The molecule has 0 saturated carbocycles. The van der Waals surface area contributed by atoms with Crippen molar-refractivity contribution in [1.82, 2.24) is 0 Å². The van der Waals surface area contributed by atoms with Crippen LogP contribution in [0.3, 0.4) is 0 Å². The molecule has 0 aromatic carbocycles. The van der Waals surface area contributed by atoms with Gasteiger partial charge in [0.15, 0.2) is 5.76 Å². The van der Waals surface area contributed by atoms with Crippen molar-refractivity contribution in [2.75, 3.05) is 0 Å². The Morgan fingerprint density at radius 3 is 2.82 bits per heavy atom. The summed E-state index contributed by atoms with van der Waals surface area (Å²) in [6, 6.07) is 0. The van der Waals surface area contributed by atoms with E-state index in [0.29, 0.717) is 0 Å². The molecule has 0 fully saturated rings. The Kier molecular flexibility index (Phi) is 2.58. The highest BCUT2D eigenvalue weighted by Crippen LogP contribution is 2.19. The van der Waals surface area contributed by atoms with Gasteiger partial charge >= 0.3 is 0 Å². The van der Waals surface area contributed by atoms with Crippen LogP contribution in [0.4, 0.5) is 0 Å². The van der Waals surface area contributed by atoms with Gasteiger partial charge in [-0.25, -0.2) is 0 Å². The van der Waals surface area contributed by atoms with E-state index in [1.807, 2.05) is 19.9 Å². The van der Waals surface area contributed by atoms with Crippen molar-refractivity contribution in [3.05, 3.63) is 23.7 Å². The molecule has 1 aliphatic rings. The zero-order chi connectivity index (χ0) is 8.27. The number of allylic oxidation sites excluding steroid dienone is 3. The molecule has 62 valence electrons. The highest BCUT2D eigenvalue weighted by molar-refractivity contribution is 5.19. The Labute approximate surface area is 67.2 Å². The molecule has 1 N–H and O–H groups in total. The summed E-state index contributed by atoms with van der Waals surface area (Å²) in [5.74, 6) is 1.01. The first kappa shape index (κ1) is 8.18. The van der Waals surface area contributed by atoms with E-state index in [0.717, 1.165) is 18.6 Å². The van der Waals surface area contributed by atoms with Crippen LogP contribution in [0.2, 0.25) is 0 Å². The van der Waals surface area contributed by atoms with Gasteiger partial charge in [0.2, 0.25) is 0 Å². The van der Waals surface area contributed by atoms with Crippen LogP contribution < -0.4 is 0 Å². The highest BCUT2D eigenvalue weighted by Gasteiger charge is 2.09. The van der Waals surface area contributed by atoms with Gasteiger partial charge < -0.3 is 9.84 Å². The molecule has 0 bridgehead atoms. The number of hydrogen-bond donors (Lipinski definition) is 1. The van der Waals surface area contributed by atoms with Gasteiger partial charge in [0, 0.05) is 6.42 Å². The maximum Gasteiger partial charge on any atom is 0.152 e. The number of aliphatic hydroxyl groups is 1. The van der Waals surface area contributed by atoms with Crippen molar-refractivity contribution < 1.29 is 9.84 Å². The van der Waals surface area contributed by atoms with E-state index in [1.54, 1.807) is 6.08 Å². The third kappa shape index (κ3) is 2.30. The zero-order valence-corrected chi connectivity index (χ0v) is 7.00. The van der Waals surface area contributed by atoms with Gasteiger partial charge in [0.05, 0.1) is 6.10 Å². The fraction of sp³-hybridized carbons (Fsp3) is 0.556. The number of rotatable bonds is 2. The van der Waals surface area contributed by atoms with E-state index in [9.17, 15) is 5.11 Å². The average Bonchev–Trinajstić information content (AvgIpc) is 1.93. The van der Waals surface area contributed by atoms with Crippen LogP contribution in [0.25, 0.3) is 0 Å². The minimum Gasteiger partial charge on any atom is -0.504 e. The molecule has 1 rings (SSSR count). The minimum absolute atomic E-state index is 0.152. The van der Waals surface area contributed by atoms with Gasteiger partial charge in [-0.3, -0.25) is 0 Å². The van der Waals surface area contributed by atoms with E-state index >= 15 is 0 Å². The normalized spacial score (nSPS) is 17.7. The summed E-state index contributed by atoms with van der Waals surface area (Å²) in [5.41, 5.74) is 0. The maximum atomic E-state index is 9.29. The van der Waals surface area contributed by atoms with Gasteiger partial charge in [-0.05, 0) is 26.3 Å². The number of aliphatic hydroxyl groups excluding tert-OH is 1. The average molecular weight is 154 g/mol. The summed E-state index contributed by atoms with van der Waals surface area (Å²) in [6.45, 7) is 3.91. The summed E-state index contributed by atoms with van der Waals surface area (Å²) >= 11 is 0. The van der Waals surface area contributed by atoms with Crippen molar-refractivity contribution in [2.45, 2.75) is 32.8 Å². The molecule has 0 unspecified atom stereocenters. The Balaban J connectivity index is 2.60. The number of hydrogen-bond acceptors (Lipinski definition) is 2. The predicted octanol–water partition coefficient (Wildman–Crippen LogP) is 2.53. The van der Waals surface area contributed by atoms with Crippen LogP contribution in [-0.2, 0) is 4.74 Å². The van der Waals surface area contributed by atoms with Crippen molar-refractivity contribution in [3.8, 4) is 0 Å². The lowest BCUT2D eigenvalue weighted by Crippen LogP contribution is -2.06. The standard InChI is InChI=1S/C9H14O2/c1-7(2)11-9-6-4-3-5-8(9)10/h3,5,7,10H,4,6H2,1-2H3. The molecule has 0 amide bonds. The molecule has 1 aliphatic carbocycles. The first-order valence-electron chi connectivity index (χ1n) is 3.95. The topological polar surface area (TPSA) is 29.5 Å². The van der Waals surface area contributed by atoms with Crippen molar-refractivity contribution >= 4 is 0 Å². The van der Waals surface area contributed by atoms with E-state index in [1.165, 1.54) is 0 Å². The molecule has 0 atom stereocenters. The quantitative estimate of drug-likeness (QED) is 0.662. The lowest BCUT2D eigenvalue weighted by Gasteiger charge is -2.15. The predicted molar refractivity (Wildman–Crippen MR) is 44.2 cm³/mol. The molecule has 11 heavy (non-hydrogen) atoms. The molecule has 0 spiro atoms. The summed E-state index contributed by atoms with van der Waals surface area (Å²) in [7, 11) is 0. The minimum atomic E-state index is 0.152. The van der Waals surface area contributed by atoms with Crippen molar-refractivity contribution in [3.63, 3.8) is 0 Å². The van der Waals surface area contributed by atoms with Crippen LogP contribution >= 0.6 is 0 Å². The molecular formula is C9H14O2. The molecule has 0 radical (unpaired) electrons. The molecule has 2 nitrogen and oxygen atoms in total. The number of ether oxygens (including phenoxy) is 1. The fourth-order valence-electron chi connectivity index (χ4n) is 1.03. The zero-order valence-electron chi connectivity index (χ0n) is 7.00. The second-order valence-corrected chi connectivity index (χ2v) is 2.92. The Morgan fingerprint density at radius 2 is 2.27 bits per heavy atom. The van der Waals surface area contributed by atoms with Crippen LogP contribution in [0.15, 0.2) is 23.7 Å². The molecule has 0 aromatic rings. The Hall–Kier alpha value is -0.920. The summed E-state index contributed by atoms with van der Waals surface area (Å²) < 4.78 is 5.38. The maximum absolute atomic E-state index is 9.29. The largest absolute Gasteiger partial charge is 0.504 e. The van der Waals surface area contributed by atoms with Crippen LogP contribution in [0.1, 0.15) is 26.7 Å². The fourth-order valence-corrected chi connectivity index (χ4v) is 1.03. The van der Waals surface area contributed by atoms with E-state index in [4.69, 9.17) is 4.74 Å². The summed E-state index contributed by atoms with van der Waals surface area (Å²) in [5, 5.41) is 9.29. The second kappa shape index (κ2) is 3.46. The van der Waals surface area contributed by atoms with Gasteiger partial charge in [-0.15, -0.1) is 0 Å². The monoisotopic (exact) mass is 154 g/mol. The van der Waals surface area contributed by atoms with Crippen LogP contribution in [0, 0.1) is 0 Å². The van der Waals surface area contributed by atoms with E-state index < -0.39 is 0 Å². The van der Waals surface area contributed by atoms with Crippen molar-refractivity contribution in [1.29, 1.82) is 0 Å². The molecular weight excluding hydrogens is 140 g/mol. The van der Waals surface area contributed by atoms with Crippen LogP contribution in [0.5, 0.6) is 0 Å². The van der Waals surface area contributed by atoms with Gasteiger partial charge in [0.1, 0.15) is 5.76 Å². The molecule has 0 aromatic heterocycles.